The number of ether oxygens (including phenoxy) is 1. The Morgan fingerprint density at radius 1 is 1.04 bits per heavy atom. The van der Waals surface area contributed by atoms with Crippen molar-refractivity contribution in [3.8, 4) is 0 Å². The van der Waals surface area contributed by atoms with Crippen molar-refractivity contribution in [3.63, 3.8) is 0 Å². The first-order valence-electron chi connectivity index (χ1n) is 9.72. The molecule has 2 aliphatic rings. The molecule has 7 heteroatoms. The first-order chi connectivity index (χ1) is 12.9. The molecule has 1 aromatic rings. The van der Waals surface area contributed by atoms with Crippen LogP contribution in [0.5, 0.6) is 0 Å². The summed E-state index contributed by atoms with van der Waals surface area (Å²) in [6.45, 7) is 2.40. The molecule has 0 radical (unpaired) electrons. The summed E-state index contributed by atoms with van der Waals surface area (Å²) in [7, 11) is -1.40. The summed E-state index contributed by atoms with van der Waals surface area (Å²) in [6.07, 6.45) is 4.41. The van der Waals surface area contributed by atoms with Gasteiger partial charge >= 0.3 is 0 Å². The molecule has 0 bridgehead atoms. The van der Waals surface area contributed by atoms with Crippen LogP contribution >= 0.6 is 0 Å². The maximum atomic E-state index is 12.9. The number of carbonyl (C=O) groups is 1. The average Bonchev–Trinajstić information content (AvgIpc) is 2.69. The Labute approximate surface area is 162 Å². The van der Waals surface area contributed by atoms with Crippen molar-refractivity contribution in [2.45, 2.75) is 31.8 Å². The van der Waals surface area contributed by atoms with Crippen molar-refractivity contribution < 1.29 is 17.9 Å². The first kappa shape index (κ1) is 20.3. The number of likely N-dealkylation sites (tertiary alicyclic amines) is 1. The summed E-state index contributed by atoms with van der Waals surface area (Å²) in [5.74, 6) is 0.552. The lowest BCUT2D eigenvalue weighted by molar-refractivity contribution is -0.139. The molecule has 0 aliphatic carbocycles. The van der Waals surface area contributed by atoms with Crippen LogP contribution in [0.25, 0.3) is 0 Å². The molecule has 2 fully saturated rings. The highest BCUT2D eigenvalue weighted by atomic mass is 32.2. The Morgan fingerprint density at radius 3 is 2.15 bits per heavy atom. The zero-order valence-electron chi connectivity index (χ0n) is 16.2. The fourth-order valence-corrected chi connectivity index (χ4v) is 5.23. The highest BCUT2D eigenvalue weighted by Gasteiger charge is 2.34. The number of hydrogen-bond donors (Lipinski definition) is 0. The van der Waals surface area contributed by atoms with Gasteiger partial charge in [0.2, 0.25) is 15.9 Å². The predicted molar refractivity (Wildman–Crippen MR) is 105 cm³/mol. The molecular weight excluding hydrogens is 364 g/mol. The highest BCUT2D eigenvalue weighted by Crippen LogP contribution is 2.34. The monoisotopic (exact) mass is 394 g/mol. The number of methoxy groups -OCH3 is 1. The topological polar surface area (TPSA) is 66.9 Å². The van der Waals surface area contributed by atoms with E-state index < -0.39 is 10.0 Å². The molecule has 0 saturated carbocycles. The van der Waals surface area contributed by atoms with E-state index in [0.29, 0.717) is 31.8 Å². The second-order valence-electron chi connectivity index (χ2n) is 7.67. The molecule has 2 aliphatic heterocycles. The average molecular weight is 395 g/mol. The third-order valence-corrected chi connectivity index (χ3v) is 7.24. The van der Waals surface area contributed by atoms with Gasteiger partial charge in [-0.1, -0.05) is 30.3 Å². The summed E-state index contributed by atoms with van der Waals surface area (Å²) in [5, 5.41) is 0. The Bertz CT molecular complexity index is 722. The Hall–Kier alpha value is -1.44. The maximum absolute atomic E-state index is 12.9. The molecular formula is C20H30N2O4S. The number of nitrogens with zero attached hydrogens (tertiary/aromatic N) is 2. The lowest BCUT2D eigenvalue weighted by Gasteiger charge is -2.38. The smallest absolute Gasteiger partial charge is 0.225 e. The van der Waals surface area contributed by atoms with Crippen molar-refractivity contribution >= 4 is 15.9 Å². The molecule has 2 heterocycles. The quantitative estimate of drug-likeness (QED) is 0.768. The zero-order chi connectivity index (χ0) is 19.4. The van der Waals surface area contributed by atoms with Gasteiger partial charge in [0.15, 0.2) is 0 Å². The van der Waals surface area contributed by atoms with Crippen LogP contribution in [-0.2, 0) is 19.6 Å². The molecule has 0 spiro atoms. The molecule has 3 rings (SSSR count). The number of piperidine rings is 2. The van der Waals surface area contributed by atoms with E-state index in [9.17, 15) is 13.2 Å². The van der Waals surface area contributed by atoms with Crippen LogP contribution in [0.3, 0.4) is 0 Å². The van der Waals surface area contributed by atoms with Crippen LogP contribution in [0.2, 0.25) is 0 Å². The lowest BCUT2D eigenvalue weighted by atomic mass is 9.86. The zero-order valence-corrected chi connectivity index (χ0v) is 17.0. The summed E-state index contributed by atoms with van der Waals surface area (Å²) in [4.78, 5) is 14.8. The number of carbonyl (C=O) groups excluding carboxylic acids is 1. The third kappa shape index (κ3) is 4.89. The number of amides is 1. The van der Waals surface area contributed by atoms with E-state index in [0.717, 1.165) is 25.9 Å². The van der Waals surface area contributed by atoms with E-state index in [1.165, 1.54) is 16.1 Å². The second kappa shape index (κ2) is 8.71. The molecule has 1 aromatic carbocycles. The number of hydrogen-bond acceptors (Lipinski definition) is 4. The molecule has 150 valence electrons. The summed E-state index contributed by atoms with van der Waals surface area (Å²) in [5.41, 5.74) is 1.19. The van der Waals surface area contributed by atoms with E-state index in [-0.39, 0.29) is 17.9 Å². The summed E-state index contributed by atoms with van der Waals surface area (Å²) < 4.78 is 30.5. The van der Waals surface area contributed by atoms with Crippen molar-refractivity contribution in [1.82, 2.24) is 9.21 Å². The molecule has 6 nitrogen and oxygen atoms in total. The highest BCUT2D eigenvalue weighted by molar-refractivity contribution is 7.88. The van der Waals surface area contributed by atoms with Gasteiger partial charge in [0.05, 0.1) is 12.4 Å². The van der Waals surface area contributed by atoms with Gasteiger partial charge < -0.3 is 9.64 Å². The predicted octanol–water partition coefficient (Wildman–Crippen LogP) is 2.28. The second-order valence-corrected chi connectivity index (χ2v) is 9.65. The van der Waals surface area contributed by atoms with Gasteiger partial charge in [-0.05, 0) is 37.2 Å². The van der Waals surface area contributed by atoms with Gasteiger partial charge in [-0.3, -0.25) is 4.79 Å². The molecule has 1 unspecified atom stereocenters. The molecule has 1 amide bonds. The van der Waals surface area contributed by atoms with Crippen molar-refractivity contribution in [2.75, 3.05) is 39.5 Å². The van der Waals surface area contributed by atoms with E-state index in [1.54, 1.807) is 7.11 Å². The standard InChI is InChI=1S/C20H30N2O4S/c1-26-19(16-6-4-3-5-7-16)17-8-12-21(13-9-17)20(23)18-10-14-22(15-11-18)27(2,24)25/h3-7,17-19H,8-15H2,1-2H3. The Kier molecular flexibility index (Phi) is 6.55. The molecule has 2 saturated heterocycles. The SMILES string of the molecule is COC(c1ccccc1)C1CCN(C(=O)C2CCN(S(C)(=O)=O)CC2)CC1. The van der Waals surface area contributed by atoms with E-state index >= 15 is 0 Å². The third-order valence-electron chi connectivity index (χ3n) is 5.93. The van der Waals surface area contributed by atoms with Crippen LogP contribution in [0.1, 0.15) is 37.4 Å². The number of sulfonamides is 1. The minimum atomic E-state index is -3.15. The minimum Gasteiger partial charge on any atom is -0.376 e. The lowest BCUT2D eigenvalue weighted by Crippen LogP contribution is -2.46. The van der Waals surface area contributed by atoms with Gasteiger partial charge in [0, 0.05) is 39.2 Å². The summed E-state index contributed by atoms with van der Waals surface area (Å²) in [6, 6.07) is 10.3. The van der Waals surface area contributed by atoms with Crippen LogP contribution in [0.15, 0.2) is 30.3 Å². The van der Waals surface area contributed by atoms with Gasteiger partial charge in [0.25, 0.3) is 0 Å². The van der Waals surface area contributed by atoms with E-state index in [1.807, 2.05) is 23.1 Å². The minimum absolute atomic E-state index is 0.0492. The normalized spacial score (nSPS) is 21.9. The van der Waals surface area contributed by atoms with Crippen molar-refractivity contribution in [3.05, 3.63) is 35.9 Å². The van der Waals surface area contributed by atoms with E-state index in [4.69, 9.17) is 4.74 Å². The fraction of sp³-hybridized carbons (Fsp3) is 0.650. The number of rotatable bonds is 5. The van der Waals surface area contributed by atoms with Crippen LogP contribution in [-0.4, -0.2) is 63.1 Å². The first-order valence-corrected chi connectivity index (χ1v) is 11.6. The van der Waals surface area contributed by atoms with Gasteiger partial charge in [0.1, 0.15) is 0 Å². The van der Waals surface area contributed by atoms with Crippen molar-refractivity contribution in [2.24, 2.45) is 11.8 Å². The number of benzene rings is 1. The molecule has 27 heavy (non-hydrogen) atoms. The Balaban J connectivity index is 1.52. The maximum Gasteiger partial charge on any atom is 0.225 e. The fourth-order valence-electron chi connectivity index (χ4n) is 4.36. The molecule has 0 N–H and O–H groups in total. The van der Waals surface area contributed by atoms with Gasteiger partial charge in [-0.25, -0.2) is 12.7 Å². The molecule has 0 aromatic heterocycles. The van der Waals surface area contributed by atoms with Crippen molar-refractivity contribution in [1.29, 1.82) is 0 Å². The largest absolute Gasteiger partial charge is 0.376 e. The van der Waals surface area contributed by atoms with Crippen LogP contribution in [0, 0.1) is 11.8 Å². The summed E-state index contributed by atoms with van der Waals surface area (Å²) >= 11 is 0. The Morgan fingerprint density at radius 2 is 1.63 bits per heavy atom. The van der Waals surface area contributed by atoms with Gasteiger partial charge in [-0.2, -0.15) is 0 Å². The van der Waals surface area contributed by atoms with Crippen LogP contribution < -0.4 is 0 Å². The molecule has 1 atom stereocenters. The van der Waals surface area contributed by atoms with Gasteiger partial charge in [-0.15, -0.1) is 0 Å². The van der Waals surface area contributed by atoms with E-state index in [2.05, 4.69) is 12.1 Å². The van der Waals surface area contributed by atoms with Crippen LogP contribution in [0.4, 0.5) is 0 Å².